The number of ether oxygens (including phenoxy) is 3. The highest BCUT2D eigenvalue weighted by atomic mass is 31.2. The Bertz CT molecular complexity index is 1750. The Morgan fingerprint density at radius 2 is 0.684 bits per heavy atom. The van der Waals surface area contributed by atoms with Crippen LogP contribution in [-0.2, 0) is 55.8 Å². The normalized spacial score (nSPS) is 15.0. The van der Waals surface area contributed by atoms with Gasteiger partial charge in [-0.3, -0.25) is 32.5 Å². The molecule has 0 fully saturated rings. The van der Waals surface area contributed by atoms with E-state index in [4.69, 9.17) is 32.3 Å². The van der Waals surface area contributed by atoms with Crippen LogP contribution in [0, 0.1) is 0 Å². The van der Waals surface area contributed by atoms with Gasteiger partial charge in [-0.15, -0.1) is 0 Å². The first-order valence-electron chi connectivity index (χ1n) is 30.2. The lowest BCUT2D eigenvalue weighted by Gasteiger charge is -2.21. The van der Waals surface area contributed by atoms with Gasteiger partial charge in [0.25, 0.3) is 0 Å². The fraction of sp³-hybridized carbons (Fsp3) is 0.754. The third-order valence-corrected chi connectivity index (χ3v) is 14.3. The third kappa shape index (κ3) is 56.6. The van der Waals surface area contributed by atoms with Crippen LogP contribution in [0.2, 0.25) is 0 Å². The van der Waals surface area contributed by atoms with Crippen LogP contribution in [0.1, 0.15) is 239 Å². The van der Waals surface area contributed by atoms with E-state index in [1.807, 2.05) is 0 Å². The van der Waals surface area contributed by atoms with E-state index >= 15 is 0 Å². The first-order valence-corrected chi connectivity index (χ1v) is 33.2. The number of esters is 3. The Labute approximate surface area is 477 Å². The zero-order valence-electron chi connectivity index (χ0n) is 49.0. The van der Waals surface area contributed by atoms with E-state index in [2.05, 4.69) is 93.7 Å². The summed E-state index contributed by atoms with van der Waals surface area (Å²) in [4.78, 5) is 58.0. The number of rotatable bonds is 57. The zero-order chi connectivity index (χ0) is 58.2. The molecular weight excluding hydrogens is 1050 g/mol. The number of carbonyl (C=O) groups is 3. The highest BCUT2D eigenvalue weighted by Crippen LogP contribution is 2.45. The van der Waals surface area contributed by atoms with Gasteiger partial charge in [-0.2, -0.15) is 0 Å². The van der Waals surface area contributed by atoms with Crippen molar-refractivity contribution < 1.29 is 75.8 Å². The van der Waals surface area contributed by atoms with Crippen molar-refractivity contribution in [3.05, 3.63) is 72.9 Å². The van der Waals surface area contributed by atoms with Gasteiger partial charge in [0.05, 0.1) is 26.4 Å². The molecule has 0 aliphatic carbocycles. The maximum atomic E-state index is 12.8. The summed E-state index contributed by atoms with van der Waals surface area (Å²) in [5.41, 5.74) is 0. The number of aliphatic hydroxyl groups is 2. The van der Waals surface area contributed by atoms with Crippen molar-refractivity contribution >= 4 is 33.6 Å². The summed E-state index contributed by atoms with van der Waals surface area (Å²) >= 11 is 0. The molecule has 0 heterocycles. The number of phosphoric ester groups is 2. The lowest BCUT2D eigenvalue weighted by molar-refractivity contribution is -0.161. The predicted molar refractivity (Wildman–Crippen MR) is 316 cm³/mol. The van der Waals surface area contributed by atoms with Gasteiger partial charge >= 0.3 is 33.6 Å². The van der Waals surface area contributed by atoms with Crippen molar-refractivity contribution in [2.45, 2.75) is 257 Å². The molecule has 0 spiro atoms. The van der Waals surface area contributed by atoms with Crippen LogP contribution < -0.4 is 0 Å². The smallest absolute Gasteiger partial charge is 0.463 e. The van der Waals surface area contributed by atoms with Crippen LogP contribution in [-0.4, -0.2) is 95.9 Å². The van der Waals surface area contributed by atoms with E-state index < -0.39 is 91.5 Å². The molecule has 18 heteroatoms. The van der Waals surface area contributed by atoms with E-state index in [0.717, 1.165) is 128 Å². The largest absolute Gasteiger partial charge is 0.472 e. The molecule has 0 aromatic carbocycles. The number of allylic oxidation sites excluding steroid dienone is 12. The van der Waals surface area contributed by atoms with E-state index in [1.54, 1.807) is 0 Å². The molecule has 458 valence electrons. The summed E-state index contributed by atoms with van der Waals surface area (Å²) in [5.74, 6) is -1.60. The summed E-state index contributed by atoms with van der Waals surface area (Å²) in [6.07, 6.45) is 54.1. The fourth-order valence-corrected chi connectivity index (χ4v) is 9.34. The Balaban J connectivity index is 4.55. The topological polar surface area (TPSA) is 231 Å². The first-order chi connectivity index (χ1) is 38.2. The highest BCUT2D eigenvalue weighted by Gasteiger charge is 2.29. The summed E-state index contributed by atoms with van der Waals surface area (Å²) < 4.78 is 60.5. The number of unbranched alkanes of at least 4 members (excludes halogenated alkanes) is 22. The monoisotopic (exact) mass is 1160 g/mol. The Morgan fingerprint density at radius 3 is 1.11 bits per heavy atom. The molecule has 0 aliphatic heterocycles. The van der Waals surface area contributed by atoms with Crippen LogP contribution >= 0.6 is 15.6 Å². The van der Waals surface area contributed by atoms with E-state index in [1.165, 1.54) is 51.4 Å². The van der Waals surface area contributed by atoms with Crippen LogP contribution in [0.25, 0.3) is 0 Å². The van der Waals surface area contributed by atoms with Crippen LogP contribution in [0.5, 0.6) is 0 Å². The molecule has 0 bridgehead atoms. The van der Waals surface area contributed by atoms with Crippen molar-refractivity contribution in [3.63, 3.8) is 0 Å². The summed E-state index contributed by atoms with van der Waals surface area (Å²) in [6.45, 7) is 2.45. The molecule has 0 rings (SSSR count). The van der Waals surface area contributed by atoms with Crippen molar-refractivity contribution in [1.82, 2.24) is 0 Å². The lowest BCUT2D eigenvalue weighted by atomic mass is 10.1. The quantitative estimate of drug-likeness (QED) is 0.0146. The second kappa shape index (κ2) is 55.5. The summed E-state index contributed by atoms with van der Waals surface area (Å²) in [5, 5.41) is 20.4. The van der Waals surface area contributed by atoms with Gasteiger partial charge in [0.2, 0.25) is 0 Å². The van der Waals surface area contributed by atoms with Crippen LogP contribution in [0.4, 0.5) is 0 Å². The highest BCUT2D eigenvalue weighted by molar-refractivity contribution is 7.47. The van der Waals surface area contributed by atoms with Gasteiger partial charge in [-0.05, 0) is 83.5 Å². The molecule has 0 amide bonds. The van der Waals surface area contributed by atoms with Gasteiger partial charge in [0, 0.05) is 19.3 Å². The Hall–Kier alpha value is -3.01. The Morgan fingerprint density at radius 1 is 0.367 bits per heavy atom. The first kappa shape index (κ1) is 76.0. The molecule has 0 saturated heterocycles. The van der Waals surface area contributed by atoms with Gasteiger partial charge in [0.15, 0.2) is 6.10 Å². The number of carbonyl (C=O) groups excluding carboxylic acids is 3. The van der Waals surface area contributed by atoms with Gasteiger partial charge < -0.3 is 34.2 Å². The van der Waals surface area contributed by atoms with E-state index in [9.17, 15) is 43.5 Å². The fourth-order valence-electron chi connectivity index (χ4n) is 7.75. The van der Waals surface area contributed by atoms with Crippen molar-refractivity contribution in [1.29, 1.82) is 0 Å². The lowest BCUT2D eigenvalue weighted by Crippen LogP contribution is -2.30. The molecule has 0 aromatic heterocycles. The van der Waals surface area contributed by atoms with Crippen molar-refractivity contribution in [2.24, 2.45) is 0 Å². The van der Waals surface area contributed by atoms with E-state index in [-0.39, 0.29) is 19.3 Å². The standard InChI is InChI=1S/C61H108O16P2/c1-4-7-10-13-16-19-22-23-24-25-26-27-28-29-30-31-34-36-38-41-44-47-59(64)71-50-56(62)51-73-78(67,68)74-52-57(63)53-75-79(69,70)76-55-58(77-61(66)49-46-43-40-37-33-21-18-15-12-9-6-3)54-72-60(65)48-45-42-39-35-32-20-17-14-11-8-5-2/h7,10,14,16-17,19,23-24,26-27,29-30,56-58,62-63H,4-6,8-9,11-13,15,18,20-22,25,28,31-55H2,1-3H3,(H,67,68)(H,69,70)/b10-7-,17-14-,19-16-,24-23-,27-26-,30-29-. The average molecular weight is 1160 g/mol. The Kier molecular flexibility index (Phi) is 53.4. The molecule has 4 N–H and O–H groups in total. The maximum Gasteiger partial charge on any atom is 0.472 e. The van der Waals surface area contributed by atoms with Gasteiger partial charge in [0.1, 0.15) is 25.4 Å². The molecule has 5 atom stereocenters. The molecule has 0 saturated carbocycles. The molecule has 5 unspecified atom stereocenters. The minimum Gasteiger partial charge on any atom is -0.463 e. The molecule has 79 heavy (non-hydrogen) atoms. The minimum absolute atomic E-state index is 0.106. The van der Waals surface area contributed by atoms with Crippen molar-refractivity contribution in [3.8, 4) is 0 Å². The minimum atomic E-state index is -4.91. The summed E-state index contributed by atoms with van der Waals surface area (Å²) in [6, 6.07) is 0. The van der Waals surface area contributed by atoms with Crippen molar-refractivity contribution in [2.75, 3.05) is 39.6 Å². The molecule has 16 nitrogen and oxygen atoms in total. The number of hydrogen-bond acceptors (Lipinski definition) is 14. The second-order valence-electron chi connectivity index (χ2n) is 20.1. The second-order valence-corrected chi connectivity index (χ2v) is 23.0. The van der Waals surface area contributed by atoms with Gasteiger partial charge in [-0.1, -0.05) is 209 Å². The average Bonchev–Trinajstić information content (AvgIpc) is 3.42. The summed E-state index contributed by atoms with van der Waals surface area (Å²) in [7, 11) is -9.75. The SMILES string of the molecule is CC/C=C\C/C=C\C/C=C\C/C=C\C/C=C\CCCCCCCC(=O)OCC(O)COP(=O)(O)OCC(O)COP(=O)(O)OCC(COC(=O)CCCCCCC/C=C\CCCC)OC(=O)CCCCCCCCCCCCC. The molecular formula is C61H108O16P2. The van der Waals surface area contributed by atoms with Gasteiger partial charge in [-0.25, -0.2) is 9.13 Å². The number of phosphoric acid groups is 2. The third-order valence-electron chi connectivity index (χ3n) is 12.4. The molecule has 0 radical (unpaired) electrons. The van der Waals surface area contributed by atoms with E-state index in [0.29, 0.717) is 19.3 Å². The zero-order valence-corrected chi connectivity index (χ0v) is 50.8. The number of hydrogen-bond donors (Lipinski definition) is 4. The van der Waals surface area contributed by atoms with Crippen LogP contribution in [0.3, 0.4) is 0 Å². The number of aliphatic hydroxyl groups excluding tert-OH is 2. The van der Waals surface area contributed by atoms with Crippen LogP contribution in [0.15, 0.2) is 72.9 Å². The molecule has 0 aliphatic rings. The predicted octanol–water partition coefficient (Wildman–Crippen LogP) is 15.6. The molecule has 0 aromatic rings. The maximum absolute atomic E-state index is 12.8.